The topological polar surface area (TPSA) is 70.8 Å². The van der Waals surface area contributed by atoms with Crippen LogP contribution in [0.15, 0.2) is 29.8 Å². The van der Waals surface area contributed by atoms with E-state index < -0.39 is 0 Å². The third-order valence-electron chi connectivity index (χ3n) is 7.62. The van der Waals surface area contributed by atoms with Crippen molar-refractivity contribution < 1.29 is 14.6 Å². The standard InChI is InChI=1S/C25H32N4O3S/c1-4-22(31)28-10-7-25(8-11-28)16-29(14-21-26-9-12-33-21)20(15-30)24-23(25)18-6-5-17(32-3)13-19(18)27(24)2/h5-6,9,12-13,20,30H,4,7-8,10-11,14-16H2,1-3H3/t20-/m0/s1. The zero-order valence-corrected chi connectivity index (χ0v) is 20.4. The van der Waals surface area contributed by atoms with Gasteiger partial charge in [-0.2, -0.15) is 0 Å². The van der Waals surface area contributed by atoms with Crippen LogP contribution in [0.2, 0.25) is 0 Å². The Balaban J connectivity index is 1.65. The average Bonchev–Trinajstić information content (AvgIpc) is 3.46. The van der Waals surface area contributed by atoms with Crippen molar-refractivity contribution in [2.75, 3.05) is 33.4 Å². The Bertz CT molecular complexity index is 1150. The second kappa shape index (κ2) is 8.74. The summed E-state index contributed by atoms with van der Waals surface area (Å²) in [6, 6.07) is 6.19. The highest BCUT2D eigenvalue weighted by atomic mass is 32.1. The van der Waals surface area contributed by atoms with E-state index in [1.165, 1.54) is 16.6 Å². The van der Waals surface area contributed by atoms with E-state index in [1.54, 1.807) is 18.4 Å². The maximum absolute atomic E-state index is 12.4. The van der Waals surface area contributed by atoms with Gasteiger partial charge in [0.15, 0.2) is 0 Å². The number of aliphatic hydroxyl groups is 1. The van der Waals surface area contributed by atoms with Crippen LogP contribution < -0.4 is 4.74 Å². The van der Waals surface area contributed by atoms with Crippen LogP contribution in [0.4, 0.5) is 0 Å². The number of carbonyl (C=O) groups excluding carboxylic acids is 1. The van der Waals surface area contributed by atoms with Gasteiger partial charge in [-0.05, 0) is 30.5 Å². The zero-order valence-electron chi connectivity index (χ0n) is 19.6. The molecule has 1 spiro atoms. The predicted molar refractivity (Wildman–Crippen MR) is 130 cm³/mol. The molecule has 176 valence electrons. The van der Waals surface area contributed by atoms with Crippen molar-refractivity contribution in [3.8, 4) is 5.75 Å². The Hall–Kier alpha value is -2.42. The summed E-state index contributed by atoms with van der Waals surface area (Å²) in [5, 5.41) is 14.9. The molecule has 1 atom stereocenters. The van der Waals surface area contributed by atoms with Crippen LogP contribution in [-0.2, 0) is 23.8 Å². The molecule has 2 aliphatic rings. The van der Waals surface area contributed by atoms with E-state index >= 15 is 0 Å². The molecule has 0 radical (unpaired) electrons. The van der Waals surface area contributed by atoms with E-state index in [4.69, 9.17) is 4.74 Å². The minimum absolute atomic E-state index is 0.0518. The summed E-state index contributed by atoms with van der Waals surface area (Å²) in [5.41, 5.74) is 3.58. The molecule has 0 aliphatic carbocycles. The fourth-order valence-electron chi connectivity index (χ4n) is 5.95. The van der Waals surface area contributed by atoms with Gasteiger partial charge < -0.3 is 19.3 Å². The first-order chi connectivity index (χ1) is 16.0. The van der Waals surface area contributed by atoms with E-state index in [0.717, 1.165) is 48.7 Å². The fourth-order valence-corrected chi connectivity index (χ4v) is 6.59. The number of piperidine rings is 1. The van der Waals surface area contributed by atoms with Gasteiger partial charge in [0, 0.05) is 67.2 Å². The number of thiazole rings is 1. The molecule has 0 bridgehead atoms. The number of hydrogen-bond donors (Lipinski definition) is 1. The monoisotopic (exact) mass is 468 g/mol. The molecule has 2 aliphatic heterocycles. The van der Waals surface area contributed by atoms with Crippen molar-refractivity contribution >= 4 is 28.1 Å². The molecule has 1 fully saturated rings. The molecule has 33 heavy (non-hydrogen) atoms. The van der Waals surface area contributed by atoms with Gasteiger partial charge in [-0.1, -0.05) is 6.92 Å². The molecule has 1 aromatic carbocycles. The summed E-state index contributed by atoms with van der Waals surface area (Å²) in [4.78, 5) is 21.3. The van der Waals surface area contributed by atoms with Crippen LogP contribution in [0.3, 0.4) is 0 Å². The van der Waals surface area contributed by atoms with E-state index in [9.17, 15) is 9.90 Å². The highest BCUT2D eigenvalue weighted by Gasteiger charge is 2.48. The lowest BCUT2D eigenvalue weighted by Gasteiger charge is -2.50. The first-order valence-corrected chi connectivity index (χ1v) is 12.6. The third-order valence-corrected chi connectivity index (χ3v) is 8.38. The maximum Gasteiger partial charge on any atom is 0.222 e. The summed E-state index contributed by atoms with van der Waals surface area (Å²) in [5.74, 6) is 1.06. The van der Waals surface area contributed by atoms with Gasteiger partial charge in [-0.3, -0.25) is 9.69 Å². The van der Waals surface area contributed by atoms with E-state index in [-0.39, 0.29) is 24.0 Å². The lowest BCUT2D eigenvalue weighted by atomic mass is 9.68. The number of fused-ring (bicyclic) bond motifs is 4. The number of aliphatic hydroxyl groups excluding tert-OH is 1. The Morgan fingerprint density at radius 3 is 2.76 bits per heavy atom. The molecule has 5 rings (SSSR count). The van der Waals surface area contributed by atoms with Crippen LogP contribution in [0.1, 0.15) is 48.5 Å². The number of ether oxygens (including phenoxy) is 1. The number of carbonyl (C=O) groups is 1. The number of benzene rings is 1. The third kappa shape index (κ3) is 3.64. The van der Waals surface area contributed by atoms with Crippen LogP contribution in [0.25, 0.3) is 10.9 Å². The number of hydrogen-bond acceptors (Lipinski definition) is 6. The molecule has 1 saturated heterocycles. The number of methoxy groups -OCH3 is 1. The summed E-state index contributed by atoms with van der Waals surface area (Å²) < 4.78 is 7.76. The molecule has 2 aromatic heterocycles. The van der Waals surface area contributed by atoms with E-state index in [0.29, 0.717) is 13.0 Å². The molecule has 4 heterocycles. The summed E-state index contributed by atoms with van der Waals surface area (Å²) in [6.07, 6.45) is 4.24. The number of aromatic nitrogens is 2. The Kier molecular flexibility index (Phi) is 5.93. The van der Waals surface area contributed by atoms with Crippen molar-refractivity contribution in [3.05, 3.63) is 46.0 Å². The molecule has 0 saturated carbocycles. The molecular weight excluding hydrogens is 436 g/mol. The Morgan fingerprint density at radius 2 is 2.12 bits per heavy atom. The lowest BCUT2D eigenvalue weighted by molar-refractivity contribution is -0.132. The first kappa shape index (κ1) is 22.4. The first-order valence-electron chi connectivity index (χ1n) is 11.7. The second-order valence-corrected chi connectivity index (χ2v) is 10.2. The Morgan fingerprint density at radius 1 is 1.33 bits per heavy atom. The second-order valence-electron chi connectivity index (χ2n) is 9.25. The summed E-state index contributed by atoms with van der Waals surface area (Å²) in [7, 11) is 3.79. The van der Waals surface area contributed by atoms with Gasteiger partial charge in [-0.15, -0.1) is 11.3 Å². The van der Waals surface area contributed by atoms with Crippen molar-refractivity contribution in [3.63, 3.8) is 0 Å². The van der Waals surface area contributed by atoms with Crippen LogP contribution >= 0.6 is 11.3 Å². The van der Waals surface area contributed by atoms with Crippen molar-refractivity contribution in [1.82, 2.24) is 19.4 Å². The summed E-state index contributed by atoms with van der Waals surface area (Å²) in [6.45, 7) is 5.10. The molecule has 1 amide bonds. The van der Waals surface area contributed by atoms with Gasteiger partial charge in [0.05, 0.1) is 31.8 Å². The summed E-state index contributed by atoms with van der Waals surface area (Å²) >= 11 is 1.66. The van der Waals surface area contributed by atoms with Gasteiger partial charge in [0.25, 0.3) is 0 Å². The minimum Gasteiger partial charge on any atom is -0.497 e. The molecule has 3 aromatic rings. The normalized spacial score (nSPS) is 20.4. The largest absolute Gasteiger partial charge is 0.497 e. The predicted octanol–water partition coefficient (Wildman–Crippen LogP) is 3.46. The number of likely N-dealkylation sites (tertiary alicyclic amines) is 1. The SMILES string of the molecule is CCC(=O)N1CCC2(CC1)CN(Cc1nccs1)[C@@H](CO)c1c2c2ccc(OC)cc2n1C. The average molecular weight is 469 g/mol. The quantitative estimate of drug-likeness (QED) is 0.621. The number of aryl methyl sites for hydroxylation is 1. The van der Waals surface area contributed by atoms with Gasteiger partial charge in [0.1, 0.15) is 10.8 Å². The van der Waals surface area contributed by atoms with E-state index in [1.807, 2.05) is 29.5 Å². The molecular formula is C25H32N4O3S. The smallest absolute Gasteiger partial charge is 0.222 e. The molecule has 8 heteroatoms. The number of rotatable bonds is 5. The van der Waals surface area contributed by atoms with Crippen molar-refractivity contribution in [2.24, 2.45) is 7.05 Å². The fraction of sp³-hybridized carbons (Fsp3) is 0.520. The number of amides is 1. The van der Waals surface area contributed by atoms with Crippen LogP contribution in [0.5, 0.6) is 5.75 Å². The minimum atomic E-state index is -0.103. The zero-order chi connectivity index (χ0) is 23.2. The molecule has 7 nitrogen and oxygen atoms in total. The van der Waals surface area contributed by atoms with Crippen molar-refractivity contribution in [2.45, 2.75) is 44.2 Å². The maximum atomic E-state index is 12.4. The van der Waals surface area contributed by atoms with Crippen molar-refractivity contribution in [1.29, 1.82) is 0 Å². The molecule has 1 N–H and O–H groups in total. The lowest BCUT2D eigenvalue weighted by Crippen LogP contribution is -2.54. The molecule has 0 unspecified atom stereocenters. The van der Waals surface area contributed by atoms with Gasteiger partial charge in [0.2, 0.25) is 5.91 Å². The number of nitrogens with zero attached hydrogens (tertiary/aromatic N) is 4. The van der Waals surface area contributed by atoms with Gasteiger partial charge >= 0.3 is 0 Å². The highest BCUT2D eigenvalue weighted by Crippen LogP contribution is 2.50. The van der Waals surface area contributed by atoms with Crippen LogP contribution in [0, 0.1) is 0 Å². The Labute approximate surface area is 198 Å². The highest BCUT2D eigenvalue weighted by molar-refractivity contribution is 7.09. The van der Waals surface area contributed by atoms with Crippen LogP contribution in [-0.4, -0.2) is 63.7 Å². The van der Waals surface area contributed by atoms with Gasteiger partial charge in [-0.25, -0.2) is 4.98 Å². The van der Waals surface area contributed by atoms with E-state index in [2.05, 4.69) is 33.6 Å².